The van der Waals surface area contributed by atoms with Crippen molar-refractivity contribution < 1.29 is 9.53 Å². The van der Waals surface area contributed by atoms with Crippen molar-refractivity contribution in [3.8, 4) is 11.1 Å². The van der Waals surface area contributed by atoms with Crippen LogP contribution in [0.3, 0.4) is 0 Å². The fourth-order valence-electron chi connectivity index (χ4n) is 1.79. The number of methoxy groups -OCH3 is 1. The summed E-state index contributed by atoms with van der Waals surface area (Å²) in [6.45, 7) is 7.26. The molecule has 0 amide bonds. The fourth-order valence-corrected chi connectivity index (χ4v) is 1.79. The Kier molecular flexibility index (Phi) is 3.40. The molecule has 0 saturated heterocycles. The van der Waals surface area contributed by atoms with Crippen LogP contribution in [0.4, 0.5) is 5.69 Å². The minimum Gasteiger partial charge on any atom is -0.466 e. The minimum absolute atomic E-state index is 0.300. The van der Waals surface area contributed by atoms with E-state index < -0.39 is 5.97 Å². The minimum atomic E-state index is -0.487. The highest BCUT2D eigenvalue weighted by Crippen LogP contribution is 2.33. The Hall–Kier alpha value is -2.60. The van der Waals surface area contributed by atoms with E-state index in [1.54, 1.807) is 12.1 Å². The van der Waals surface area contributed by atoms with Gasteiger partial charge in [-0.3, -0.25) is 0 Å². The molecule has 3 nitrogen and oxygen atoms in total. The Balaban J connectivity index is 2.64. The number of nitrogens with zero attached hydrogens (tertiary/aromatic N) is 1. The zero-order valence-electron chi connectivity index (χ0n) is 9.88. The van der Waals surface area contributed by atoms with Crippen molar-refractivity contribution in [3.63, 3.8) is 0 Å². The second-order valence-corrected chi connectivity index (χ2v) is 3.67. The maximum atomic E-state index is 11.6. The first kappa shape index (κ1) is 11.9. The van der Waals surface area contributed by atoms with Gasteiger partial charge in [0.05, 0.1) is 19.2 Å². The smallest absolute Gasteiger partial charge is 0.327 e. The van der Waals surface area contributed by atoms with Crippen molar-refractivity contribution in [3.05, 3.63) is 65.5 Å². The van der Waals surface area contributed by atoms with Gasteiger partial charge in [0.15, 0.2) is 0 Å². The Morgan fingerprint density at radius 2 is 1.83 bits per heavy atom. The average Bonchev–Trinajstić information content (AvgIpc) is 2.46. The summed E-state index contributed by atoms with van der Waals surface area (Å²) in [5.41, 5.74) is 2.28. The number of ether oxygens (including phenoxy) is 1. The van der Waals surface area contributed by atoms with Gasteiger partial charge in [-0.2, -0.15) is 0 Å². The van der Waals surface area contributed by atoms with Gasteiger partial charge >= 0.3 is 5.97 Å². The molecular formula is C15H11NO2. The highest BCUT2D eigenvalue weighted by Gasteiger charge is 2.15. The zero-order valence-corrected chi connectivity index (χ0v) is 9.88. The van der Waals surface area contributed by atoms with Crippen LogP contribution in [0, 0.1) is 6.57 Å². The van der Waals surface area contributed by atoms with Gasteiger partial charge in [0, 0.05) is 0 Å². The molecule has 2 aromatic rings. The van der Waals surface area contributed by atoms with E-state index in [9.17, 15) is 4.79 Å². The van der Waals surface area contributed by atoms with E-state index in [4.69, 9.17) is 6.57 Å². The molecule has 0 saturated carbocycles. The van der Waals surface area contributed by atoms with Crippen LogP contribution in [0.15, 0.2) is 48.5 Å². The van der Waals surface area contributed by atoms with E-state index >= 15 is 0 Å². The molecule has 0 aliphatic rings. The summed E-state index contributed by atoms with van der Waals surface area (Å²) in [4.78, 5) is 15.1. The average molecular weight is 237 g/mol. The lowest BCUT2D eigenvalue weighted by Crippen LogP contribution is -2.01. The molecule has 18 heavy (non-hydrogen) atoms. The summed E-state index contributed by atoms with van der Waals surface area (Å²) < 4.78 is 4.69. The first-order valence-electron chi connectivity index (χ1n) is 5.42. The number of hydrogen-bond acceptors (Lipinski definition) is 2. The lowest BCUT2D eigenvalue weighted by molar-refractivity contribution is 0.0602. The molecule has 2 rings (SSSR count). The molecule has 88 valence electrons. The van der Waals surface area contributed by atoms with Crippen LogP contribution in [0.5, 0.6) is 0 Å². The molecule has 2 aromatic carbocycles. The van der Waals surface area contributed by atoms with E-state index in [1.165, 1.54) is 7.11 Å². The monoisotopic (exact) mass is 237 g/mol. The highest BCUT2D eigenvalue weighted by atomic mass is 16.5. The van der Waals surface area contributed by atoms with Crippen molar-refractivity contribution in [2.75, 3.05) is 7.11 Å². The van der Waals surface area contributed by atoms with Crippen LogP contribution in [-0.4, -0.2) is 13.1 Å². The highest BCUT2D eigenvalue weighted by molar-refractivity contribution is 6.00. The van der Waals surface area contributed by atoms with Crippen molar-refractivity contribution in [1.82, 2.24) is 0 Å². The quantitative estimate of drug-likeness (QED) is 0.589. The van der Waals surface area contributed by atoms with Crippen LogP contribution < -0.4 is 0 Å². The summed E-state index contributed by atoms with van der Waals surface area (Å²) >= 11 is 0. The fraction of sp³-hybridized carbons (Fsp3) is 0.0667. The Labute approximate surface area is 105 Å². The van der Waals surface area contributed by atoms with Crippen LogP contribution in [0.25, 0.3) is 16.0 Å². The SMILES string of the molecule is [C-]#[N+]c1c(C(=O)OC)cccc1-c1ccccc1. The number of hydrogen-bond donors (Lipinski definition) is 0. The van der Waals surface area contributed by atoms with Gasteiger partial charge in [0.25, 0.3) is 0 Å². The number of para-hydroxylation sites is 1. The largest absolute Gasteiger partial charge is 0.466 e. The predicted octanol–water partition coefficient (Wildman–Crippen LogP) is 3.69. The maximum Gasteiger partial charge on any atom is 0.327 e. The van der Waals surface area contributed by atoms with Gasteiger partial charge in [-0.1, -0.05) is 48.5 Å². The number of carbonyl (C=O) groups is 1. The third-order valence-corrected chi connectivity index (χ3v) is 2.64. The van der Waals surface area contributed by atoms with Crippen LogP contribution in [0.2, 0.25) is 0 Å². The zero-order chi connectivity index (χ0) is 13.0. The molecule has 0 radical (unpaired) electrons. The van der Waals surface area contributed by atoms with Gasteiger partial charge in [0.2, 0.25) is 5.69 Å². The number of rotatable bonds is 2. The van der Waals surface area contributed by atoms with Crippen molar-refractivity contribution in [1.29, 1.82) is 0 Å². The molecule has 0 unspecified atom stereocenters. The van der Waals surface area contributed by atoms with Gasteiger partial charge in [-0.15, -0.1) is 0 Å². The predicted molar refractivity (Wildman–Crippen MR) is 69.5 cm³/mol. The molecule has 0 atom stereocenters. The van der Waals surface area contributed by atoms with E-state index in [2.05, 4.69) is 9.58 Å². The van der Waals surface area contributed by atoms with Crippen molar-refractivity contribution >= 4 is 11.7 Å². The standard InChI is InChI=1S/C15H11NO2/c1-16-14-12(11-7-4-3-5-8-11)9-6-10-13(14)15(17)18-2/h3-10H,2H3. The molecule has 0 aliphatic heterocycles. The van der Waals surface area contributed by atoms with Crippen molar-refractivity contribution in [2.24, 2.45) is 0 Å². The molecular weight excluding hydrogens is 226 g/mol. The summed E-state index contributed by atoms with van der Waals surface area (Å²) in [6.07, 6.45) is 0. The van der Waals surface area contributed by atoms with E-state index in [0.29, 0.717) is 11.3 Å². The van der Waals surface area contributed by atoms with Crippen LogP contribution >= 0.6 is 0 Å². The Morgan fingerprint density at radius 1 is 1.11 bits per heavy atom. The van der Waals surface area contributed by atoms with E-state index in [-0.39, 0.29) is 0 Å². The Morgan fingerprint density at radius 3 is 2.44 bits per heavy atom. The molecule has 0 aliphatic carbocycles. The summed E-state index contributed by atoms with van der Waals surface area (Å²) in [5.74, 6) is -0.487. The van der Waals surface area contributed by atoms with Crippen LogP contribution in [-0.2, 0) is 4.74 Å². The maximum absolute atomic E-state index is 11.6. The summed E-state index contributed by atoms with van der Waals surface area (Å²) in [7, 11) is 1.31. The molecule has 0 fully saturated rings. The molecule has 0 bridgehead atoms. The van der Waals surface area contributed by atoms with Gasteiger partial charge in [0.1, 0.15) is 0 Å². The van der Waals surface area contributed by atoms with Crippen LogP contribution in [0.1, 0.15) is 10.4 Å². The van der Waals surface area contributed by atoms with E-state index in [0.717, 1.165) is 11.1 Å². The molecule has 0 aromatic heterocycles. The van der Waals surface area contributed by atoms with Gasteiger partial charge < -0.3 is 4.74 Å². The molecule has 0 spiro atoms. The second-order valence-electron chi connectivity index (χ2n) is 3.67. The lowest BCUT2D eigenvalue weighted by Gasteiger charge is -2.08. The topological polar surface area (TPSA) is 30.7 Å². The lowest BCUT2D eigenvalue weighted by atomic mass is 10.0. The normalized spacial score (nSPS) is 9.56. The number of esters is 1. The number of carbonyl (C=O) groups excluding carboxylic acids is 1. The summed E-state index contributed by atoms with van der Waals surface area (Å²) in [6, 6.07) is 14.7. The molecule has 0 N–H and O–H groups in total. The third kappa shape index (κ3) is 2.09. The van der Waals surface area contributed by atoms with Crippen molar-refractivity contribution in [2.45, 2.75) is 0 Å². The number of benzene rings is 2. The van der Waals surface area contributed by atoms with E-state index in [1.807, 2.05) is 36.4 Å². The summed E-state index contributed by atoms with van der Waals surface area (Å²) in [5, 5.41) is 0. The Bertz CT molecular complexity index is 612. The first-order valence-corrected chi connectivity index (χ1v) is 5.42. The van der Waals surface area contributed by atoms with Gasteiger partial charge in [-0.05, 0) is 11.1 Å². The second kappa shape index (κ2) is 5.15. The van der Waals surface area contributed by atoms with Gasteiger partial charge in [-0.25, -0.2) is 9.64 Å². The molecule has 0 heterocycles. The molecule has 3 heteroatoms. The third-order valence-electron chi connectivity index (χ3n) is 2.64. The first-order chi connectivity index (χ1) is 8.77.